The van der Waals surface area contributed by atoms with Crippen LogP contribution < -0.4 is 0 Å². The van der Waals surface area contributed by atoms with Crippen LogP contribution in [0.2, 0.25) is 0 Å². The molecule has 22 heavy (non-hydrogen) atoms. The summed E-state index contributed by atoms with van der Waals surface area (Å²) in [6.45, 7) is 2.74. The number of hydrogen-bond donors (Lipinski definition) is 1. The van der Waals surface area contributed by atoms with Gasteiger partial charge in [-0.25, -0.2) is 9.50 Å². The number of carbonyl (C=O) groups is 1. The standard InChI is InChI=1S/C15H14BrN5O/c1-9-11-2-4-17-12(11)3-5-20(9)15(22)13-6-14-18-7-10(16)8-21(14)19-13/h2,4,6-9,17H,3,5H2,1H3. The lowest BCUT2D eigenvalue weighted by Gasteiger charge is -2.33. The Morgan fingerprint density at radius 1 is 1.50 bits per heavy atom. The summed E-state index contributed by atoms with van der Waals surface area (Å²) in [5.41, 5.74) is 3.50. The number of nitrogens with zero attached hydrogens (tertiary/aromatic N) is 4. The predicted molar refractivity (Wildman–Crippen MR) is 84.6 cm³/mol. The molecule has 0 saturated heterocycles. The van der Waals surface area contributed by atoms with Crippen LogP contribution in [0.3, 0.4) is 0 Å². The van der Waals surface area contributed by atoms with Gasteiger partial charge in [-0.3, -0.25) is 4.79 Å². The molecule has 3 aromatic heterocycles. The Balaban J connectivity index is 1.68. The van der Waals surface area contributed by atoms with Crippen molar-refractivity contribution in [1.29, 1.82) is 0 Å². The van der Waals surface area contributed by atoms with E-state index in [4.69, 9.17) is 0 Å². The molecule has 4 rings (SSSR count). The van der Waals surface area contributed by atoms with Crippen LogP contribution in [0.1, 0.15) is 34.7 Å². The van der Waals surface area contributed by atoms with Crippen LogP contribution in [0.4, 0.5) is 0 Å². The first-order valence-electron chi connectivity index (χ1n) is 7.11. The predicted octanol–water partition coefficient (Wildman–Crippen LogP) is 2.58. The second-order valence-corrected chi connectivity index (χ2v) is 6.36. The van der Waals surface area contributed by atoms with Crippen molar-refractivity contribution in [2.45, 2.75) is 19.4 Å². The zero-order chi connectivity index (χ0) is 15.3. The molecule has 0 aliphatic carbocycles. The SMILES string of the molecule is CC1c2cc[nH]c2CCN1C(=O)c1cc2ncc(Br)cn2n1. The number of aromatic amines is 1. The fourth-order valence-corrected chi connectivity index (χ4v) is 3.30. The molecular formula is C15H14BrN5O. The molecule has 1 amide bonds. The van der Waals surface area contributed by atoms with Gasteiger partial charge in [0.25, 0.3) is 5.91 Å². The van der Waals surface area contributed by atoms with E-state index in [1.165, 1.54) is 11.3 Å². The third-order valence-corrected chi connectivity index (χ3v) is 4.56. The molecule has 0 bridgehead atoms. The first-order valence-corrected chi connectivity index (χ1v) is 7.91. The lowest BCUT2D eigenvalue weighted by molar-refractivity contribution is 0.0670. The molecule has 1 atom stereocenters. The molecule has 0 radical (unpaired) electrons. The number of hydrogen-bond acceptors (Lipinski definition) is 3. The Hall–Kier alpha value is -2.15. The smallest absolute Gasteiger partial charge is 0.274 e. The molecule has 1 aliphatic rings. The van der Waals surface area contributed by atoms with Gasteiger partial charge in [-0.05, 0) is 34.5 Å². The van der Waals surface area contributed by atoms with E-state index in [1.54, 1.807) is 23.0 Å². The normalized spacial score (nSPS) is 17.7. The summed E-state index contributed by atoms with van der Waals surface area (Å²) in [7, 11) is 0. The van der Waals surface area contributed by atoms with Crippen molar-refractivity contribution in [3.63, 3.8) is 0 Å². The van der Waals surface area contributed by atoms with Gasteiger partial charge in [0.15, 0.2) is 11.3 Å². The molecule has 7 heteroatoms. The van der Waals surface area contributed by atoms with Crippen LogP contribution in [0, 0.1) is 0 Å². The van der Waals surface area contributed by atoms with Crippen LogP contribution in [-0.2, 0) is 6.42 Å². The maximum atomic E-state index is 12.8. The van der Waals surface area contributed by atoms with E-state index >= 15 is 0 Å². The minimum Gasteiger partial charge on any atom is -0.365 e. The molecule has 1 N–H and O–H groups in total. The van der Waals surface area contributed by atoms with E-state index < -0.39 is 0 Å². The second kappa shape index (κ2) is 4.95. The Morgan fingerprint density at radius 3 is 3.23 bits per heavy atom. The van der Waals surface area contributed by atoms with E-state index in [0.29, 0.717) is 17.9 Å². The second-order valence-electron chi connectivity index (χ2n) is 5.44. The van der Waals surface area contributed by atoms with E-state index in [-0.39, 0.29) is 11.9 Å². The summed E-state index contributed by atoms with van der Waals surface area (Å²) in [6.07, 6.45) is 6.26. The highest BCUT2D eigenvalue weighted by Crippen LogP contribution is 2.29. The third-order valence-electron chi connectivity index (χ3n) is 4.15. The monoisotopic (exact) mass is 359 g/mol. The average Bonchev–Trinajstić information content (AvgIpc) is 3.12. The highest BCUT2D eigenvalue weighted by atomic mass is 79.9. The maximum absolute atomic E-state index is 12.8. The van der Waals surface area contributed by atoms with Crippen LogP contribution in [0.5, 0.6) is 0 Å². The van der Waals surface area contributed by atoms with Crippen LogP contribution in [-0.4, -0.2) is 36.9 Å². The van der Waals surface area contributed by atoms with Crippen molar-refractivity contribution in [2.24, 2.45) is 0 Å². The summed E-state index contributed by atoms with van der Waals surface area (Å²) in [4.78, 5) is 22.2. The fraction of sp³-hybridized carbons (Fsp3) is 0.267. The molecule has 0 spiro atoms. The first kappa shape index (κ1) is 13.5. The lowest BCUT2D eigenvalue weighted by atomic mass is 10.00. The van der Waals surface area contributed by atoms with E-state index in [1.807, 2.05) is 24.1 Å². The molecule has 4 heterocycles. The number of fused-ring (bicyclic) bond motifs is 2. The molecular weight excluding hydrogens is 346 g/mol. The van der Waals surface area contributed by atoms with E-state index in [2.05, 4.69) is 31.0 Å². The zero-order valence-electron chi connectivity index (χ0n) is 12.0. The van der Waals surface area contributed by atoms with Crippen LogP contribution in [0.25, 0.3) is 5.65 Å². The first-order chi connectivity index (χ1) is 10.6. The highest BCUT2D eigenvalue weighted by Gasteiger charge is 2.30. The van der Waals surface area contributed by atoms with E-state index in [9.17, 15) is 4.79 Å². The van der Waals surface area contributed by atoms with Gasteiger partial charge >= 0.3 is 0 Å². The summed E-state index contributed by atoms with van der Waals surface area (Å²) in [6, 6.07) is 3.82. The molecule has 112 valence electrons. The number of carbonyl (C=O) groups excluding carboxylic acids is 1. The summed E-state index contributed by atoms with van der Waals surface area (Å²) in [5, 5.41) is 4.35. The molecule has 1 unspecified atom stereocenters. The van der Waals surface area contributed by atoms with Crippen molar-refractivity contribution in [3.05, 3.63) is 52.1 Å². The van der Waals surface area contributed by atoms with Gasteiger partial charge < -0.3 is 9.88 Å². The number of halogens is 1. The fourth-order valence-electron chi connectivity index (χ4n) is 3.00. The van der Waals surface area contributed by atoms with Gasteiger partial charge in [-0.1, -0.05) is 0 Å². The largest absolute Gasteiger partial charge is 0.365 e. The Morgan fingerprint density at radius 2 is 2.36 bits per heavy atom. The van der Waals surface area contributed by atoms with Gasteiger partial charge in [-0.15, -0.1) is 0 Å². The molecule has 0 fully saturated rings. The van der Waals surface area contributed by atoms with Gasteiger partial charge in [0, 0.05) is 43.3 Å². The van der Waals surface area contributed by atoms with Gasteiger partial charge in [0.05, 0.1) is 10.5 Å². The Labute approximate surface area is 135 Å². The molecule has 0 saturated carbocycles. The molecule has 6 nitrogen and oxygen atoms in total. The minimum absolute atomic E-state index is 0.0482. The summed E-state index contributed by atoms with van der Waals surface area (Å²) >= 11 is 3.36. The van der Waals surface area contributed by atoms with Gasteiger partial charge in [0.2, 0.25) is 0 Å². The van der Waals surface area contributed by atoms with Crippen molar-refractivity contribution in [1.82, 2.24) is 24.5 Å². The highest BCUT2D eigenvalue weighted by molar-refractivity contribution is 9.10. The number of amides is 1. The minimum atomic E-state index is -0.0547. The third kappa shape index (κ3) is 2.04. The number of H-pyrrole nitrogens is 1. The number of nitrogens with one attached hydrogen (secondary N) is 1. The van der Waals surface area contributed by atoms with Crippen molar-refractivity contribution < 1.29 is 4.79 Å². The Kier molecular flexibility index (Phi) is 3.04. The summed E-state index contributed by atoms with van der Waals surface area (Å²) in [5.74, 6) is -0.0547. The number of aromatic nitrogens is 4. The van der Waals surface area contributed by atoms with E-state index in [0.717, 1.165) is 10.9 Å². The van der Waals surface area contributed by atoms with Gasteiger partial charge in [-0.2, -0.15) is 5.10 Å². The Bertz CT molecular complexity index is 868. The van der Waals surface area contributed by atoms with Crippen molar-refractivity contribution >= 4 is 27.5 Å². The summed E-state index contributed by atoms with van der Waals surface area (Å²) < 4.78 is 2.44. The van der Waals surface area contributed by atoms with Crippen molar-refractivity contribution in [2.75, 3.05) is 6.54 Å². The van der Waals surface area contributed by atoms with Crippen molar-refractivity contribution in [3.8, 4) is 0 Å². The van der Waals surface area contributed by atoms with Crippen LogP contribution >= 0.6 is 15.9 Å². The van der Waals surface area contributed by atoms with Crippen LogP contribution in [0.15, 0.2) is 35.2 Å². The molecule has 3 aromatic rings. The number of rotatable bonds is 1. The average molecular weight is 360 g/mol. The lowest BCUT2D eigenvalue weighted by Crippen LogP contribution is -2.38. The quantitative estimate of drug-likeness (QED) is 0.726. The topological polar surface area (TPSA) is 66.3 Å². The van der Waals surface area contributed by atoms with Gasteiger partial charge in [0.1, 0.15) is 0 Å². The maximum Gasteiger partial charge on any atom is 0.274 e. The molecule has 1 aliphatic heterocycles. The zero-order valence-corrected chi connectivity index (χ0v) is 13.5. The molecule has 0 aromatic carbocycles.